The minimum Gasteiger partial charge on any atom is -0.368 e. The molecule has 0 unspecified atom stereocenters. The van der Waals surface area contributed by atoms with Crippen LogP contribution in [0.1, 0.15) is 11.3 Å². The fraction of sp³-hybridized carbons (Fsp3) is 0.267. The van der Waals surface area contributed by atoms with Crippen LogP contribution in [0.2, 0.25) is 5.02 Å². The number of anilines is 1. The van der Waals surface area contributed by atoms with E-state index in [0.29, 0.717) is 23.7 Å². The van der Waals surface area contributed by atoms with Crippen molar-refractivity contribution in [1.29, 1.82) is 0 Å². The van der Waals surface area contributed by atoms with Gasteiger partial charge in [-0.05, 0) is 30.2 Å². The number of nitrogens with zero attached hydrogens (tertiary/aromatic N) is 3. The summed E-state index contributed by atoms with van der Waals surface area (Å²) in [4.78, 5) is 21.9. The maximum Gasteiger partial charge on any atom is 0.241 e. The van der Waals surface area contributed by atoms with Crippen LogP contribution in [0.15, 0.2) is 35.4 Å². The lowest BCUT2D eigenvalue weighted by molar-refractivity contribution is -0.130. The van der Waals surface area contributed by atoms with Crippen molar-refractivity contribution in [3.8, 4) is 0 Å². The Bertz CT molecular complexity index is 919. The Morgan fingerprint density at radius 2 is 2.20 bits per heavy atom. The zero-order chi connectivity index (χ0) is 18.0. The molecule has 8 nitrogen and oxygen atoms in total. The third kappa shape index (κ3) is 4.06. The lowest BCUT2D eigenvalue weighted by Gasteiger charge is -2.28. The number of benzene rings is 1. The molecule has 3 rings (SSSR count). The molecule has 1 aromatic carbocycles. The number of hydrogen-bond acceptors (Lipinski definition) is 6. The van der Waals surface area contributed by atoms with Crippen LogP contribution in [0.4, 0.5) is 5.95 Å². The maximum atomic E-state index is 12.3. The first-order valence-electron chi connectivity index (χ1n) is 7.48. The number of carbonyl (C=O) groups excluding carboxylic acids is 1. The number of hydrogen-bond donors (Lipinski definition) is 2. The summed E-state index contributed by atoms with van der Waals surface area (Å²) in [5.74, 6) is -0.192. The van der Waals surface area contributed by atoms with Crippen molar-refractivity contribution in [2.24, 2.45) is 0 Å². The molecule has 0 spiro atoms. The van der Waals surface area contributed by atoms with E-state index in [0.717, 1.165) is 5.56 Å². The Morgan fingerprint density at radius 1 is 1.40 bits per heavy atom. The van der Waals surface area contributed by atoms with E-state index < -0.39 is 10.0 Å². The number of nitrogens with two attached hydrogens (primary N) is 1. The van der Waals surface area contributed by atoms with Gasteiger partial charge >= 0.3 is 0 Å². The molecule has 10 heteroatoms. The van der Waals surface area contributed by atoms with E-state index in [2.05, 4.69) is 14.7 Å². The van der Waals surface area contributed by atoms with Crippen molar-refractivity contribution < 1.29 is 13.2 Å². The highest BCUT2D eigenvalue weighted by Crippen LogP contribution is 2.18. The summed E-state index contributed by atoms with van der Waals surface area (Å²) in [6.45, 7) is 0.405. The second kappa shape index (κ2) is 6.95. The molecule has 0 saturated heterocycles. The first-order valence-corrected chi connectivity index (χ1v) is 9.34. The van der Waals surface area contributed by atoms with Gasteiger partial charge in [0.2, 0.25) is 21.9 Å². The highest BCUT2D eigenvalue weighted by atomic mass is 35.5. The average Bonchev–Trinajstić information content (AvgIpc) is 2.59. The molecule has 0 bridgehead atoms. The summed E-state index contributed by atoms with van der Waals surface area (Å²) >= 11 is 5.81. The van der Waals surface area contributed by atoms with Gasteiger partial charge in [-0.1, -0.05) is 17.7 Å². The predicted octanol–water partition coefficient (Wildman–Crippen LogP) is 0.575. The summed E-state index contributed by atoms with van der Waals surface area (Å²) in [7, 11) is -3.81. The van der Waals surface area contributed by atoms with Crippen LogP contribution in [0.25, 0.3) is 0 Å². The fourth-order valence-corrected chi connectivity index (χ4v) is 3.79. The number of rotatable bonds is 4. The minimum absolute atomic E-state index is 0.0114. The third-order valence-electron chi connectivity index (χ3n) is 3.84. The van der Waals surface area contributed by atoms with E-state index in [1.54, 1.807) is 12.3 Å². The van der Waals surface area contributed by atoms with Gasteiger partial charge in [0.1, 0.15) is 0 Å². The molecule has 1 aliphatic heterocycles. The summed E-state index contributed by atoms with van der Waals surface area (Å²) in [6.07, 6.45) is 2.25. The topological polar surface area (TPSA) is 118 Å². The lowest BCUT2D eigenvalue weighted by atomic mass is 10.1. The molecule has 2 heterocycles. The van der Waals surface area contributed by atoms with Crippen molar-refractivity contribution >= 4 is 33.5 Å². The van der Waals surface area contributed by atoms with Crippen molar-refractivity contribution in [2.75, 3.05) is 18.8 Å². The Labute approximate surface area is 150 Å². The first-order chi connectivity index (χ1) is 11.8. The second-order valence-electron chi connectivity index (χ2n) is 5.55. The van der Waals surface area contributed by atoms with E-state index in [1.165, 1.54) is 23.1 Å². The number of sulfonamides is 1. The van der Waals surface area contributed by atoms with Crippen LogP contribution in [-0.2, 0) is 27.8 Å². The molecule has 0 saturated carbocycles. The third-order valence-corrected chi connectivity index (χ3v) is 5.47. The zero-order valence-electron chi connectivity index (χ0n) is 13.1. The van der Waals surface area contributed by atoms with Gasteiger partial charge in [-0.2, -0.15) is 0 Å². The quantitative estimate of drug-likeness (QED) is 0.799. The Kier molecular flexibility index (Phi) is 4.89. The van der Waals surface area contributed by atoms with E-state index in [9.17, 15) is 13.2 Å². The number of aromatic nitrogens is 2. The smallest absolute Gasteiger partial charge is 0.241 e. The summed E-state index contributed by atoms with van der Waals surface area (Å²) in [6, 6.07) is 5.84. The number of halogens is 1. The number of fused-ring (bicyclic) bond motifs is 1. The second-order valence-corrected chi connectivity index (χ2v) is 7.75. The van der Waals surface area contributed by atoms with Crippen LogP contribution in [0.5, 0.6) is 0 Å². The number of carbonyl (C=O) groups is 1. The van der Waals surface area contributed by atoms with Crippen molar-refractivity contribution in [2.45, 2.75) is 17.9 Å². The molecule has 1 aliphatic rings. The lowest BCUT2D eigenvalue weighted by Crippen LogP contribution is -2.42. The molecule has 3 N–H and O–H groups in total. The molecule has 2 aromatic rings. The van der Waals surface area contributed by atoms with Crippen molar-refractivity contribution in [1.82, 2.24) is 19.6 Å². The largest absolute Gasteiger partial charge is 0.368 e. The maximum absolute atomic E-state index is 12.3. The number of nitrogen functional groups attached to an aromatic ring is 1. The summed E-state index contributed by atoms with van der Waals surface area (Å²) in [5.41, 5.74) is 7.20. The Hall–Kier alpha value is -2.23. The van der Waals surface area contributed by atoms with Gasteiger partial charge in [0.15, 0.2) is 0 Å². The highest BCUT2D eigenvalue weighted by molar-refractivity contribution is 7.89. The van der Waals surface area contributed by atoms with Gasteiger partial charge < -0.3 is 10.6 Å². The molecule has 1 amide bonds. The molecule has 0 aliphatic carbocycles. The standard InChI is InChI=1S/C15H16ClN5O3S/c16-11-2-1-3-12(6-11)25(23,24)19-8-14(22)21-5-4-10-7-18-15(17)20-13(10)9-21/h1-3,6-7,19H,4-5,8-9H2,(H2,17,18,20). The van der Waals surface area contributed by atoms with Gasteiger partial charge in [0.05, 0.1) is 23.7 Å². The monoisotopic (exact) mass is 381 g/mol. The highest BCUT2D eigenvalue weighted by Gasteiger charge is 2.24. The average molecular weight is 382 g/mol. The summed E-state index contributed by atoms with van der Waals surface area (Å²) < 4.78 is 26.8. The van der Waals surface area contributed by atoms with Crippen LogP contribution >= 0.6 is 11.6 Å². The van der Waals surface area contributed by atoms with Gasteiger partial charge in [-0.3, -0.25) is 4.79 Å². The molecular weight excluding hydrogens is 366 g/mol. The van der Waals surface area contributed by atoms with Crippen molar-refractivity contribution in [3.63, 3.8) is 0 Å². The van der Waals surface area contributed by atoms with Crippen LogP contribution in [-0.4, -0.2) is 42.3 Å². The molecule has 0 atom stereocenters. The number of amides is 1. The van der Waals surface area contributed by atoms with E-state index in [4.69, 9.17) is 17.3 Å². The summed E-state index contributed by atoms with van der Waals surface area (Å²) in [5, 5.41) is 0.305. The molecule has 0 radical (unpaired) electrons. The van der Waals surface area contributed by atoms with Gasteiger partial charge in [-0.25, -0.2) is 23.1 Å². The minimum atomic E-state index is -3.81. The molecular formula is C15H16ClN5O3S. The van der Waals surface area contributed by atoms with E-state index >= 15 is 0 Å². The first kappa shape index (κ1) is 17.6. The van der Waals surface area contributed by atoms with Crippen LogP contribution in [0, 0.1) is 0 Å². The molecule has 132 valence electrons. The zero-order valence-corrected chi connectivity index (χ0v) is 14.7. The van der Waals surface area contributed by atoms with Crippen LogP contribution < -0.4 is 10.5 Å². The fourth-order valence-electron chi connectivity index (χ4n) is 2.52. The van der Waals surface area contributed by atoms with Crippen molar-refractivity contribution in [3.05, 3.63) is 46.7 Å². The Morgan fingerprint density at radius 3 is 2.96 bits per heavy atom. The van der Waals surface area contributed by atoms with Crippen LogP contribution in [0.3, 0.4) is 0 Å². The predicted molar refractivity (Wildman–Crippen MR) is 92.2 cm³/mol. The van der Waals surface area contributed by atoms with Gasteiger partial charge in [-0.15, -0.1) is 0 Å². The van der Waals surface area contributed by atoms with E-state index in [-0.39, 0.29) is 29.8 Å². The molecule has 25 heavy (non-hydrogen) atoms. The Balaban J connectivity index is 1.65. The molecule has 1 aromatic heterocycles. The molecule has 0 fully saturated rings. The van der Waals surface area contributed by atoms with Gasteiger partial charge in [0, 0.05) is 17.8 Å². The number of nitrogens with one attached hydrogen (secondary N) is 1. The SMILES string of the molecule is Nc1ncc2c(n1)CN(C(=O)CNS(=O)(=O)c1cccc(Cl)c1)CC2. The van der Waals surface area contributed by atoms with Gasteiger partial charge in [0.25, 0.3) is 0 Å². The normalized spacial score (nSPS) is 14.2. The van der Waals surface area contributed by atoms with E-state index in [1.807, 2.05) is 0 Å².